The zero-order valence-electron chi connectivity index (χ0n) is 17.9. The molecule has 158 valence electrons. The van der Waals surface area contributed by atoms with Crippen molar-refractivity contribution in [3.05, 3.63) is 35.9 Å². The van der Waals surface area contributed by atoms with Gasteiger partial charge in [-0.15, -0.1) is 23.5 Å². The largest absolute Gasteiger partial charge is 0.417 e. The first-order chi connectivity index (χ1) is 13.1. The van der Waals surface area contributed by atoms with Gasteiger partial charge in [0.05, 0.1) is 6.10 Å². The average molecular weight is 441 g/mol. The molecule has 2 unspecified atom stereocenters. The standard InChI is InChI=1S/C22H36O3S2Si/c1-22(2,3)28(4,5)25-14-9-13-18(19(23)17-11-7-6-8-12-17)20(24)21-26-15-10-16-27-21/h6-8,11-12,18-19,21,23H,9-10,13-16H2,1-5H3. The van der Waals surface area contributed by atoms with Crippen LogP contribution in [0, 0.1) is 5.92 Å². The third-order valence-corrected chi connectivity index (χ3v) is 13.3. The number of aliphatic hydroxyl groups excluding tert-OH is 1. The summed E-state index contributed by atoms with van der Waals surface area (Å²) < 4.78 is 6.25. The predicted octanol–water partition coefficient (Wildman–Crippen LogP) is 5.90. The highest BCUT2D eigenvalue weighted by Crippen LogP contribution is 2.39. The lowest BCUT2D eigenvalue weighted by molar-refractivity contribution is -0.125. The number of aliphatic hydroxyl groups is 1. The van der Waals surface area contributed by atoms with E-state index in [1.165, 1.54) is 0 Å². The van der Waals surface area contributed by atoms with Gasteiger partial charge in [-0.05, 0) is 54.5 Å². The number of carbonyl (C=O) groups excluding carboxylic acids is 1. The minimum atomic E-state index is -1.78. The van der Waals surface area contributed by atoms with Gasteiger partial charge in [-0.2, -0.15) is 0 Å². The van der Waals surface area contributed by atoms with Crippen LogP contribution in [0.3, 0.4) is 0 Å². The van der Waals surface area contributed by atoms with Gasteiger partial charge in [0.1, 0.15) is 4.58 Å². The maximum atomic E-state index is 13.2. The number of benzene rings is 1. The molecule has 1 aromatic rings. The lowest BCUT2D eigenvalue weighted by Crippen LogP contribution is -2.41. The molecule has 1 aromatic carbocycles. The van der Waals surface area contributed by atoms with Crippen molar-refractivity contribution in [1.82, 2.24) is 0 Å². The van der Waals surface area contributed by atoms with Crippen LogP contribution in [0.1, 0.15) is 51.7 Å². The monoisotopic (exact) mass is 440 g/mol. The number of carbonyl (C=O) groups is 1. The smallest absolute Gasteiger partial charge is 0.191 e. The van der Waals surface area contributed by atoms with Crippen molar-refractivity contribution < 1.29 is 14.3 Å². The Bertz CT molecular complexity index is 610. The molecule has 2 rings (SSSR count). The Morgan fingerprint density at radius 3 is 2.39 bits per heavy atom. The van der Waals surface area contributed by atoms with Gasteiger partial charge in [0.2, 0.25) is 0 Å². The summed E-state index contributed by atoms with van der Waals surface area (Å²) in [5.74, 6) is 1.89. The van der Waals surface area contributed by atoms with Crippen LogP contribution in [0.4, 0.5) is 0 Å². The molecule has 0 aliphatic carbocycles. The second kappa shape index (κ2) is 10.7. The topological polar surface area (TPSA) is 46.5 Å². The molecule has 1 saturated heterocycles. The fourth-order valence-electron chi connectivity index (χ4n) is 3.01. The van der Waals surface area contributed by atoms with E-state index in [1.54, 1.807) is 23.5 Å². The van der Waals surface area contributed by atoms with E-state index in [4.69, 9.17) is 4.43 Å². The van der Waals surface area contributed by atoms with Crippen LogP contribution in [0.25, 0.3) is 0 Å². The van der Waals surface area contributed by atoms with Crippen molar-refractivity contribution in [1.29, 1.82) is 0 Å². The van der Waals surface area contributed by atoms with Gasteiger partial charge >= 0.3 is 0 Å². The lowest BCUT2D eigenvalue weighted by Gasteiger charge is -2.36. The Hall–Kier alpha value is -0.273. The third-order valence-electron chi connectivity index (χ3n) is 5.88. The van der Waals surface area contributed by atoms with Crippen molar-refractivity contribution in [3.63, 3.8) is 0 Å². The molecular weight excluding hydrogens is 404 g/mol. The van der Waals surface area contributed by atoms with Crippen LogP contribution in [0.15, 0.2) is 30.3 Å². The van der Waals surface area contributed by atoms with Gasteiger partial charge in [-0.25, -0.2) is 0 Å². The molecule has 0 spiro atoms. The van der Waals surface area contributed by atoms with Crippen molar-refractivity contribution in [2.45, 2.75) is 68.9 Å². The number of hydrogen-bond donors (Lipinski definition) is 1. The van der Waals surface area contributed by atoms with E-state index in [9.17, 15) is 9.90 Å². The Balaban J connectivity index is 2.03. The molecule has 0 saturated carbocycles. The Kier molecular flexibility index (Phi) is 9.14. The van der Waals surface area contributed by atoms with Crippen LogP contribution in [0.2, 0.25) is 18.1 Å². The van der Waals surface area contributed by atoms with E-state index >= 15 is 0 Å². The zero-order chi connectivity index (χ0) is 20.8. The summed E-state index contributed by atoms with van der Waals surface area (Å²) >= 11 is 3.47. The zero-order valence-corrected chi connectivity index (χ0v) is 20.6. The minimum absolute atomic E-state index is 0.0431. The molecule has 1 aliphatic rings. The van der Waals surface area contributed by atoms with Gasteiger partial charge < -0.3 is 9.53 Å². The normalized spacial score (nSPS) is 18.6. The van der Waals surface area contributed by atoms with Crippen LogP contribution in [-0.2, 0) is 9.22 Å². The molecule has 0 bridgehead atoms. The molecule has 0 amide bonds. The first-order valence-electron chi connectivity index (χ1n) is 10.3. The summed E-state index contributed by atoms with van der Waals surface area (Å²) in [5, 5.41) is 11.2. The number of ketones is 1. The molecule has 1 fully saturated rings. The minimum Gasteiger partial charge on any atom is -0.417 e. The second-order valence-corrected chi connectivity index (χ2v) is 16.6. The van der Waals surface area contributed by atoms with Crippen molar-refractivity contribution in [2.24, 2.45) is 5.92 Å². The van der Waals surface area contributed by atoms with E-state index in [0.29, 0.717) is 13.0 Å². The first kappa shape index (κ1) is 24.0. The van der Waals surface area contributed by atoms with Crippen LogP contribution < -0.4 is 0 Å². The predicted molar refractivity (Wildman–Crippen MR) is 126 cm³/mol. The third kappa shape index (κ3) is 6.63. The van der Waals surface area contributed by atoms with Gasteiger partial charge in [0.15, 0.2) is 14.1 Å². The van der Waals surface area contributed by atoms with Crippen LogP contribution >= 0.6 is 23.5 Å². The Morgan fingerprint density at radius 1 is 1.21 bits per heavy atom. The number of thioether (sulfide) groups is 2. The van der Waals surface area contributed by atoms with Crippen LogP contribution in [0.5, 0.6) is 0 Å². The van der Waals surface area contributed by atoms with E-state index < -0.39 is 14.4 Å². The molecule has 1 aliphatic heterocycles. The second-order valence-electron chi connectivity index (χ2n) is 9.04. The molecule has 1 N–H and O–H groups in total. The molecule has 1 heterocycles. The number of Topliss-reactive ketones (excluding diaryl/α,β-unsaturated/α-hetero) is 1. The van der Waals surface area contributed by atoms with Gasteiger partial charge in [0, 0.05) is 12.5 Å². The summed E-state index contributed by atoms with van der Waals surface area (Å²) in [6.45, 7) is 11.9. The summed E-state index contributed by atoms with van der Waals surface area (Å²) in [4.78, 5) is 13.2. The Labute approximate surface area is 180 Å². The van der Waals surface area contributed by atoms with Crippen molar-refractivity contribution in [3.8, 4) is 0 Å². The number of rotatable bonds is 9. The molecule has 6 heteroatoms. The van der Waals surface area contributed by atoms with Crippen LogP contribution in [-0.4, -0.2) is 41.9 Å². The summed E-state index contributed by atoms with van der Waals surface area (Å²) in [7, 11) is -1.78. The fourth-order valence-corrected chi connectivity index (χ4v) is 6.97. The molecular formula is C22H36O3S2Si. The summed E-state index contributed by atoms with van der Waals surface area (Å²) in [6, 6.07) is 9.61. The SMILES string of the molecule is CC(C)(C)[Si](C)(C)OCCCC(C(=O)C1SCCCS1)C(O)c1ccccc1. The maximum absolute atomic E-state index is 13.2. The van der Waals surface area contributed by atoms with E-state index in [0.717, 1.165) is 29.9 Å². The highest BCUT2D eigenvalue weighted by molar-refractivity contribution is 8.18. The fraction of sp³-hybridized carbons (Fsp3) is 0.682. The molecule has 3 nitrogen and oxygen atoms in total. The summed E-state index contributed by atoms with van der Waals surface area (Å²) in [6.07, 6.45) is 1.88. The van der Waals surface area contributed by atoms with E-state index in [1.807, 2.05) is 30.3 Å². The molecule has 0 aromatic heterocycles. The highest BCUT2D eigenvalue weighted by Gasteiger charge is 2.38. The Morgan fingerprint density at radius 2 is 1.82 bits per heavy atom. The summed E-state index contributed by atoms with van der Waals surface area (Å²) in [5.41, 5.74) is 0.831. The van der Waals surface area contributed by atoms with E-state index in [-0.39, 0.29) is 21.3 Å². The number of hydrogen-bond acceptors (Lipinski definition) is 5. The van der Waals surface area contributed by atoms with Gasteiger partial charge in [0.25, 0.3) is 0 Å². The maximum Gasteiger partial charge on any atom is 0.191 e. The highest BCUT2D eigenvalue weighted by atomic mass is 32.2. The quantitative estimate of drug-likeness (QED) is 0.382. The van der Waals surface area contributed by atoms with Gasteiger partial charge in [-0.1, -0.05) is 51.1 Å². The molecule has 0 radical (unpaired) electrons. The first-order valence-corrected chi connectivity index (χ1v) is 15.3. The van der Waals surface area contributed by atoms with Crippen molar-refractivity contribution >= 4 is 37.6 Å². The molecule has 2 atom stereocenters. The van der Waals surface area contributed by atoms with Gasteiger partial charge in [-0.3, -0.25) is 4.79 Å². The van der Waals surface area contributed by atoms with Crippen molar-refractivity contribution in [2.75, 3.05) is 18.1 Å². The molecule has 28 heavy (non-hydrogen) atoms. The average Bonchev–Trinajstić information content (AvgIpc) is 2.67. The van der Waals surface area contributed by atoms with E-state index in [2.05, 4.69) is 33.9 Å². The lowest BCUT2D eigenvalue weighted by atomic mass is 9.88.